The zero-order valence-corrected chi connectivity index (χ0v) is 14.0. The molecule has 2 unspecified atom stereocenters. The van der Waals surface area contributed by atoms with Crippen molar-refractivity contribution in [3.05, 3.63) is 0 Å². The molecule has 0 aromatic carbocycles. The Labute approximate surface area is 126 Å². The molecule has 2 aliphatic rings. The van der Waals surface area contributed by atoms with Crippen LogP contribution in [0.1, 0.15) is 72.1 Å². The molecule has 2 nitrogen and oxygen atoms in total. The van der Waals surface area contributed by atoms with E-state index in [9.17, 15) is 0 Å². The van der Waals surface area contributed by atoms with E-state index in [-0.39, 0.29) is 0 Å². The van der Waals surface area contributed by atoms with Gasteiger partial charge < -0.3 is 10.2 Å². The fourth-order valence-corrected chi connectivity index (χ4v) is 4.31. The van der Waals surface area contributed by atoms with Crippen LogP contribution in [-0.2, 0) is 0 Å². The molecule has 2 heteroatoms. The third kappa shape index (κ3) is 5.37. The summed E-state index contributed by atoms with van der Waals surface area (Å²) in [7, 11) is 0. The fraction of sp³-hybridized carbons (Fsp3) is 1.00. The van der Waals surface area contributed by atoms with Gasteiger partial charge in [0.05, 0.1) is 0 Å². The van der Waals surface area contributed by atoms with Gasteiger partial charge in [-0.15, -0.1) is 0 Å². The number of nitrogens with zero attached hydrogens (tertiary/aromatic N) is 1. The molecule has 0 aromatic heterocycles. The van der Waals surface area contributed by atoms with Gasteiger partial charge in [-0.3, -0.25) is 0 Å². The fourth-order valence-electron chi connectivity index (χ4n) is 4.31. The summed E-state index contributed by atoms with van der Waals surface area (Å²) in [5.41, 5.74) is 0. The molecular weight excluding hydrogens is 244 g/mol. The highest BCUT2D eigenvalue weighted by Gasteiger charge is 2.28. The first-order valence-electron chi connectivity index (χ1n) is 9.15. The molecule has 20 heavy (non-hydrogen) atoms. The number of rotatable bonds is 6. The van der Waals surface area contributed by atoms with E-state index in [0.29, 0.717) is 0 Å². The summed E-state index contributed by atoms with van der Waals surface area (Å²) in [6.07, 6.45) is 11.3. The molecule has 2 rings (SSSR count). The van der Waals surface area contributed by atoms with E-state index in [2.05, 4.69) is 31.0 Å². The smallest absolute Gasteiger partial charge is 0.0200 e. The predicted octanol–water partition coefficient (Wildman–Crippen LogP) is 4.06. The van der Waals surface area contributed by atoms with Crippen LogP contribution in [-0.4, -0.2) is 36.6 Å². The maximum Gasteiger partial charge on any atom is 0.0200 e. The lowest BCUT2D eigenvalue weighted by Crippen LogP contribution is -2.52. The van der Waals surface area contributed by atoms with Gasteiger partial charge in [-0.05, 0) is 37.5 Å². The summed E-state index contributed by atoms with van der Waals surface area (Å²) in [6.45, 7) is 11.0. The molecule has 118 valence electrons. The van der Waals surface area contributed by atoms with E-state index in [1.54, 1.807) is 0 Å². The summed E-state index contributed by atoms with van der Waals surface area (Å²) in [5.74, 6) is 1.72. The van der Waals surface area contributed by atoms with E-state index >= 15 is 0 Å². The lowest BCUT2D eigenvalue weighted by atomic mass is 9.88. The van der Waals surface area contributed by atoms with Gasteiger partial charge in [0.2, 0.25) is 0 Å². The summed E-state index contributed by atoms with van der Waals surface area (Å²) in [5, 5.41) is 4.01. The Morgan fingerprint density at radius 3 is 2.45 bits per heavy atom. The molecule has 1 saturated heterocycles. The van der Waals surface area contributed by atoms with Gasteiger partial charge in [0.25, 0.3) is 0 Å². The molecule has 1 heterocycles. The second kappa shape index (κ2) is 8.38. The normalized spacial score (nSPS) is 30.0. The van der Waals surface area contributed by atoms with Crippen molar-refractivity contribution in [3.8, 4) is 0 Å². The number of piperidine rings is 1. The van der Waals surface area contributed by atoms with Crippen LogP contribution in [0, 0.1) is 11.8 Å². The van der Waals surface area contributed by atoms with Gasteiger partial charge in [0, 0.05) is 31.7 Å². The van der Waals surface area contributed by atoms with Crippen LogP contribution in [0.3, 0.4) is 0 Å². The third-order valence-electron chi connectivity index (χ3n) is 5.01. The van der Waals surface area contributed by atoms with E-state index in [1.807, 2.05) is 0 Å². The summed E-state index contributed by atoms with van der Waals surface area (Å²) in [4.78, 5) is 2.73. The minimum Gasteiger partial charge on any atom is -0.310 e. The summed E-state index contributed by atoms with van der Waals surface area (Å²) >= 11 is 0. The molecule has 1 N–H and O–H groups in total. The molecule has 1 saturated carbocycles. The number of hydrogen-bond donors (Lipinski definition) is 1. The first-order valence-corrected chi connectivity index (χ1v) is 9.15. The second-order valence-corrected chi connectivity index (χ2v) is 7.70. The van der Waals surface area contributed by atoms with Crippen LogP contribution in [0.15, 0.2) is 0 Å². The van der Waals surface area contributed by atoms with Crippen molar-refractivity contribution in [3.63, 3.8) is 0 Å². The molecule has 0 aromatic rings. The van der Waals surface area contributed by atoms with Crippen molar-refractivity contribution >= 4 is 0 Å². The Bertz CT molecular complexity index is 258. The molecule has 0 radical (unpaired) electrons. The lowest BCUT2D eigenvalue weighted by molar-refractivity contribution is 0.114. The predicted molar refractivity (Wildman–Crippen MR) is 88.1 cm³/mol. The van der Waals surface area contributed by atoms with Gasteiger partial charge in [-0.25, -0.2) is 0 Å². The Hall–Kier alpha value is -0.0800. The van der Waals surface area contributed by atoms with Crippen LogP contribution >= 0.6 is 0 Å². The average Bonchev–Trinajstić information content (AvgIpc) is 2.39. The quantitative estimate of drug-likeness (QED) is 0.789. The standard InChI is InChI=1S/C18H36N2/c1-4-8-16-11-18(14-20(13-16)12-15(2)3)19-17-9-6-5-7-10-17/h15-19H,4-14H2,1-3H3. The van der Waals surface area contributed by atoms with Crippen molar-refractivity contribution in [1.29, 1.82) is 0 Å². The summed E-state index contributed by atoms with van der Waals surface area (Å²) < 4.78 is 0. The van der Waals surface area contributed by atoms with E-state index < -0.39 is 0 Å². The van der Waals surface area contributed by atoms with Crippen molar-refractivity contribution in [2.24, 2.45) is 11.8 Å². The van der Waals surface area contributed by atoms with Crippen molar-refractivity contribution in [2.75, 3.05) is 19.6 Å². The Balaban J connectivity index is 1.85. The minimum absolute atomic E-state index is 0.752. The zero-order valence-electron chi connectivity index (χ0n) is 14.0. The van der Waals surface area contributed by atoms with Crippen molar-refractivity contribution in [1.82, 2.24) is 10.2 Å². The SMILES string of the molecule is CCCC1CC(NC2CCCCC2)CN(CC(C)C)C1. The van der Waals surface area contributed by atoms with E-state index in [0.717, 1.165) is 23.9 Å². The van der Waals surface area contributed by atoms with Gasteiger partial charge in [-0.2, -0.15) is 0 Å². The first-order chi connectivity index (χ1) is 9.67. The monoisotopic (exact) mass is 280 g/mol. The molecule has 1 aliphatic carbocycles. The molecule has 2 atom stereocenters. The maximum atomic E-state index is 4.01. The third-order valence-corrected chi connectivity index (χ3v) is 5.01. The average molecular weight is 280 g/mol. The Morgan fingerprint density at radius 2 is 1.80 bits per heavy atom. The van der Waals surface area contributed by atoms with Crippen molar-refractivity contribution < 1.29 is 0 Å². The molecule has 1 aliphatic heterocycles. The molecule has 0 amide bonds. The molecule has 0 spiro atoms. The Kier molecular flexibility index (Phi) is 6.83. The number of likely N-dealkylation sites (tertiary alicyclic amines) is 1. The summed E-state index contributed by atoms with van der Waals surface area (Å²) in [6, 6.07) is 1.57. The van der Waals surface area contributed by atoms with Crippen LogP contribution in [0.25, 0.3) is 0 Å². The van der Waals surface area contributed by atoms with E-state index in [1.165, 1.54) is 71.0 Å². The highest BCUT2D eigenvalue weighted by atomic mass is 15.2. The lowest BCUT2D eigenvalue weighted by Gasteiger charge is -2.41. The van der Waals surface area contributed by atoms with Gasteiger partial charge in [0.15, 0.2) is 0 Å². The second-order valence-electron chi connectivity index (χ2n) is 7.70. The first kappa shape index (κ1) is 16.3. The van der Waals surface area contributed by atoms with Crippen LogP contribution in [0.4, 0.5) is 0 Å². The largest absolute Gasteiger partial charge is 0.310 e. The van der Waals surface area contributed by atoms with Gasteiger partial charge in [0.1, 0.15) is 0 Å². The minimum atomic E-state index is 0.752. The van der Waals surface area contributed by atoms with Gasteiger partial charge >= 0.3 is 0 Å². The highest BCUT2D eigenvalue weighted by Crippen LogP contribution is 2.24. The van der Waals surface area contributed by atoms with E-state index in [4.69, 9.17) is 0 Å². The number of hydrogen-bond acceptors (Lipinski definition) is 2. The number of nitrogens with one attached hydrogen (secondary N) is 1. The molecular formula is C18H36N2. The molecule has 0 bridgehead atoms. The zero-order chi connectivity index (χ0) is 14.4. The highest BCUT2D eigenvalue weighted by molar-refractivity contribution is 4.86. The van der Waals surface area contributed by atoms with Crippen LogP contribution in [0.2, 0.25) is 0 Å². The molecule has 2 fully saturated rings. The topological polar surface area (TPSA) is 15.3 Å². The Morgan fingerprint density at radius 1 is 1.05 bits per heavy atom. The van der Waals surface area contributed by atoms with Crippen LogP contribution < -0.4 is 5.32 Å². The van der Waals surface area contributed by atoms with Crippen LogP contribution in [0.5, 0.6) is 0 Å². The van der Waals surface area contributed by atoms with Gasteiger partial charge in [-0.1, -0.05) is 46.5 Å². The maximum absolute atomic E-state index is 4.01. The van der Waals surface area contributed by atoms with Crippen molar-refractivity contribution in [2.45, 2.75) is 84.2 Å².